The number of nitrogen functional groups attached to an aromatic ring is 1. The summed E-state index contributed by atoms with van der Waals surface area (Å²) >= 11 is 1.32. The number of aliphatic carboxylic acids is 1. The molecule has 0 aliphatic heterocycles. The molecule has 1 heterocycles. The van der Waals surface area contributed by atoms with E-state index >= 15 is 0 Å². The molecule has 0 saturated carbocycles. The van der Waals surface area contributed by atoms with E-state index in [1.165, 1.54) is 16.0 Å². The number of carboxylic acids is 1. The molecule has 0 spiro atoms. The molecule has 0 aromatic carbocycles. The van der Waals surface area contributed by atoms with Crippen molar-refractivity contribution in [2.45, 2.75) is 19.9 Å². The van der Waals surface area contributed by atoms with Gasteiger partial charge in [0.25, 0.3) is 0 Å². The summed E-state index contributed by atoms with van der Waals surface area (Å²) in [7, 11) is 0. The second-order valence-corrected chi connectivity index (χ2v) is 3.33. The monoisotopic (exact) mass is 188 g/mol. The summed E-state index contributed by atoms with van der Waals surface area (Å²) in [5.74, 6) is -0.931. The van der Waals surface area contributed by atoms with Crippen LogP contribution in [0.25, 0.3) is 0 Å². The lowest BCUT2D eigenvalue weighted by Gasteiger charge is -1.87. The number of aromatic nitrogens is 2. The Morgan fingerprint density at radius 1 is 1.83 bits per heavy atom. The summed E-state index contributed by atoms with van der Waals surface area (Å²) in [4.78, 5) is 10.3. The van der Waals surface area contributed by atoms with Crippen molar-refractivity contribution in [3.05, 3.63) is 5.01 Å². The van der Waals surface area contributed by atoms with E-state index in [0.29, 0.717) is 5.13 Å². The predicted molar refractivity (Wildman–Crippen MR) is 43.7 cm³/mol. The molecule has 6 heteroatoms. The number of hydrogen-bond acceptors (Lipinski definition) is 4. The van der Waals surface area contributed by atoms with Crippen LogP contribution in [0.2, 0.25) is 0 Å². The van der Waals surface area contributed by atoms with E-state index in [-0.39, 0.29) is 6.54 Å². The first kappa shape index (κ1) is 8.92. The molecule has 0 amide bonds. The van der Waals surface area contributed by atoms with Gasteiger partial charge in [-0.2, -0.15) is 0 Å². The molecule has 0 radical (unpaired) electrons. The predicted octanol–water partition coefficient (Wildman–Crippen LogP) is -0.340. The van der Waals surface area contributed by atoms with Gasteiger partial charge in [0.05, 0.1) is 0 Å². The third-order valence-electron chi connectivity index (χ3n) is 1.30. The minimum atomic E-state index is -0.931. The van der Waals surface area contributed by atoms with E-state index in [9.17, 15) is 4.79 Å². The van der Waals surface area contributed by atoms with Gasteiger partial charge in [0.15, 0.2) is 0 Å². The maximum atomic E-state index is 10.3. The number of anilines is 1. The molecule has 1 aromatic rings. The van der Waals surface area contributed by atoms with Crippen molar-refractivity contribution in [1.82, 2.24) is 5.10 Å². The number of nitrogens with zero attached hydrogens (tertiary/aromatic N) is 2. The first-order valence-corrected chi connectivity index (χ1v) is 4.32. The second kappa shape index (κ2) is 3.48. The highest BCUT2D eigenvalue weighted by Gasteiger charge is 2.15. The van der Waals surface area contributed by atoms with E-state index in [2.05, 4.69) is 5.10 Å². The third-order valence-corrected chi connectivity index (χ3v) is 2.32. The van der Waals surface area contributed by atoms with Crippen LogP contribution in [-0.2, 0) is 17.8 Å². The maximum Gasteiger partial charge on any atom is 0.354 e. The Kier molecular flexibility index (Phi) is 2.59. The average molecular weight is 188 g/mol. The van der Waals surface area contributed by atoms with Crippen molar-refractivity contribution in [3.63, 3.8) is 0 Å². The number of rotatable bonds is 3. The molecular formula is C6H10N3O2S+. The first-order chi connectivity index (χ1) is 5.63. The van der Waals surface area contributed by atoms with E-state index in [1.807, 2.05) is 6.92 Å². The Morgan fingerprint density at radius 2 is 2.50 bits per heavy atom. The Hall–Kier alpha value is -1.17. The van der Waals surface area contributed by atoms with E-state index in [0.717, 1.165) is 11.4 Å². The fourth-order valence-electron chi connectivity index (χ4n) is 0.762. The van der Waals surface area contributed by atoms with Crippen LogP contribution in [-0.4, -0.2) is 16.2 Å². The molecule has 1 aromatic heterocycles. The molecule has 0 aliphatic carbocycles. The Labute approximate surface area is 73.4 Å². The normalized spacial score (nSPS) is 10.1. The summed E-state index contributed by atoms with van der Waals surface area (Å²) in [5.41, 5.74) is 5.52. The van der Waals surface area contributed by atoms with Crippen LogP contribution in [0.4, 0.5) is 5.13 Å². The lowest BCUT2D eigenvalue weighted by atomic mass is 10.5. The molecule has 0 unspecified atom stereocenters. The smallest absolute Gasteiger partial charge is 0.354 e. The van der Waals surface area contributed by atoms with Crippen LogP contribution in [0.5, 0.6) is 0 Å². The van der Waals surface area contributed by atoms with Crippen LogP contribution in [0.1, 0.15) is 11.9 Å². The standard InChI is InChI=1S/C6H9N3O2S/c1-2-4-8-9(3-5(10)11)6(7)12-4/h7H,2-3H2,1H3,(H,10,11)/p+1. The topological polar surface area (TPSA) is 80.1 Å². The Balaban J connectivity index is 2.84. The van der Waals surface area contributed by atoms with Gasteiger partial charge in [-0.1, -0.05) is 12.0 Å². The van der Waals surface area contributed by atoms with Gasteiger partial charge in [-0.25, -0.2) is 4.79 Å². The van der Waals surface area contributed by atoms with Crippen molar-refractivity contribution < 1.29 is 14.6 Å². The molecule has 12 heavy (non-hydrogen) atoms. The minimum Gasteiger partial charge on any atom is -0.478 e. The molecule has 0 saturated heterocycles. The van der Waals surface area contributed by atoms with E-state index in [4.69, 9.17) is 10.8 Å². The maximum absolute atomic E-state index is 10.3. The van der Waals surface area contributed by atoms with Crippen LogP contribution in [0, 0.1) is 0 Å². The van der Waals surface area contributed by atoms with Crippen LogP contribution >= 0.6 is 11.3 Å². The zero-order valence-corrected chi connectivity index (χ0v) is 7.47. The van der Waals surface area contributed by atoms with Gasteiger partial charge in [0, 0.05) is 6.42 Å². The summed E-state index contributed by atoms with van der Waals surface area (Å²) < 4.78 is 1.30. The molecular weight excluding hydrogens is 178 g/mol. The number of nitrogens with two attached hydrogens (primary N) is 1. The number of aryl methyl sites for hydroxylation is 1. The Morgan fingerprint density at radius 3 is 2.92 bits per heavy atom. The number of hydrogen-bond donors (Lipinski definition) is 2. The highest BCUT2D eigenvalue weighted by atomic mass is 32.1. The molecule has 3 N–H and O–H groups in total. The molecule has 66 valence electrons. The summed E-state index contributed by atoms with van der Waals surface area (Å²) in [6.45, 7) is 1.78. The van der Waals surface area contributed by atoms with E-state index in [1.54, 1.807) is 0 Å². The van der Waals surface area contributed by atoms with Gasteiger partial charge < -0.3 is 5.11 Å². The number of carbonyl (C=O) groups is 1. The van der Waals surface area contributed by atoms with Crippen LogP contribution in [0.3, 0.4) is 0 Å². The average Bonchev–Trinajstić information content (AvgIpc) is 2.31. The van der Waals surface area contributed by atoms with Gasteiger partial charge >= 0.3 is 11.1 Å². The Bertz CT molecular complexity index is 297. The van der Waals surface area contributed by atoms with Gasteiger partial charge in [0.2, 0.25) is 6.54 Å². The highest BCUT2D eigenvalue weighted by Crippen LogP contribution is 2.09. The second-order valence-electron chi connectivity index (χ2n) is 2.24. The quantitative estimate of drug-likeness (QED) is 0.636. The fourth-order valence-corrected chi connectivity index (χ4v) is 1.50. The molecule has 0 fully saturated rings. The summed E-state index contributed by atoms with van der Waals surface area (Å²) in [6.07, 6.45) is 0.779. The molecule has 0 atom stereocenters. The van der Waals surface area contributed by atoms with Crippen LogP contribution < -0.4 is 10.4 Å². The van der Waals surface area contributed by atoms with Crippen LogP contribution in [0.15, 0.2) is 0 Å². The summed E-state index contributed by atoms with van der Waals surface area (Å²) in [5, 5.41) is 13.8. The molecule has 5 nitrogen and oxygen atoms in total. The SMILES string of the molecule is CCc1n[n+](CC(=O)O)c(N)s1. The van der Waals surface area contributed by atoms with Crippen molar-refractivity contribution >= 4 is 22.4 Å². The number of carboxylic acid groups (broad SMARTS) is 1. The lowest BCUT2D eigenvalue weighted by molar-refractivity contribution is -0.725. The summed E-state index contributed by atoms with van der Waals surface area (Å²) in [6, 6.07) is 0. The van der Waals surface area contributed by atoms with Crippen molar-refractivity contribution in [1.29, 1.82) is 0 Å². The van der Waals surface area contributed by atoms with Crippen molar-refractivity contribution in [3.8, 4) is 0 Å². The fraction of sp³-hybridized carbons (Fsp3) is 0.500. The largest absolute Gasteiger partial charge is 0.478 e. The molecule has 1 rings (SSSR count). The zero-order chi connectivity index (χ0) is 9.14. The van der Waals surface area contributed by atoms with Gasteiger partial charge in [-0.15, -0.1) is 4.68 Å². The third kappa shape index (κ3) is 1.91. The van der Waals surface area contributed by atoms with Gasteiger partial charge in [-0.05, 0) is 11.3 Å². The minimum absolute atomic E-state index is 0.164. The van der Waals surface area contributed by atoms with Crippen molar-refractivity contribution in [2.75, 3.05) is 5.73 Å². The molecule has 0 aliphatic rings. The van der Waals surface area contributed by atoms with Gasteiger partial charge in [-0.3, -0.25) is 5.73 Å². The first-order valence-electron chi connectivity index (χ1n) is 3.50. The lowest BCUT2D eigenvalue weighted by Crippen LogP contribution is -2.41. The van der Waals surface area contributed by atoms with Crippen molar-refractivity contribution in [2.24, 2.45) is 0 Å². The zero-order valence-electron chi connectivity index (χ0n) is 6.65. The highest BCUT2D eigenvalue weighted by molar-refractivity contribution is 7.14. The van der Waals surface area contributed by atoms with Gasteiger partial charge in [0.1, 0.15) is 5.01 Å². The molecule has 0 bridgehead atoms. The van der Waals surface area contributed by atoms with E-state index < -0.39 is 5.97 Å².